The number of carbonyl (C=O) groups is 1. The molecule has 0 aromatic heterocycles. The maximum Gasteiger partial charge on any atom is 0.222 e. The van der Waals surface area contributed by atoms with Gasteiger partial charge in [-0.1, -0.05) is 40.5 Å². The van der Waals surface area contributed by atoms with Crippen LogP contribution in [0.25, 0.3) is 0 Å². The second-order valence-corrected chi connectivity index (χ2v) is 6.13. The first-order chi connectivity index (χ1) is 11.5. The van der Waals surface area contributed by atoms with Gasteiger partial charge in [-0.2, -0.15) is 0 Å². The summed E-state index contributed by atoms with van der Waals surface area (Å²) < 4.78 is 16.1. The Hall–Kier alpha value is -0.650. The largest absolute Gasteiger partial charge is 0.379 e. The van der Waals surface area contributed by atoms with Crippen LogP contribution in [0, 0.1) is 5.92 Å². The topological polar surface area (TPSA) is 56.8 Å². The van der Waals surface area contributed by atoms with E-state index in [2.05, 4.69) is 19.2 Å². The van der Waals surface area contributed by atoms with Crippen molar-refractivity contribution in [3.63, 3.8) is 0 Å². The lowest BCUT2D eigenvalue weighted by Gasteiger charge is -2.09. The quantitative estimate of drug-likeness (QED) is 0.458. The maximum atomic E-state index is 11.5. The van der Waals surface area contributed by atoms with E-state index in [1.807, 2.05) is 27.7 Å². The molecule has 0 aliphatic carbocycles. The highest BCUT2D eigenvalue weighted by molar-refractivity contribution is 5.75. The number of amides is 1. The molecule has 0 atom stereocenters. The first kappa shape index (κ1) is 25.6. The van der Waals surface area contributed by atoms with Crippen LogP contribution in [0.15, 0.2) is 0 Å². The third-order valence-corrected chi connectivity index (χ3v) is 3.05. The van der Waals surface area contributed by atoms with Crippen LogP contribution in [0.5, 0.6) is 0 Å². The Bertz CT molecular complexity index is 258. The minimum Gasteiger partial charge on any atom is -0.379 e. The van der Waals surface area contributed by atoms with Crippen LogP contribution < -0.4 is 5.32 Å². The number of ether oxygens (including phenoxy) is 3. The summed E-state index contributed by atoms with van der Waals surface area (Å²) in [5, 5.41) is 2.92. The van der Waals surface area contributed by atoms with E-state index in [1.165, 1.54) is 12.8 Å². The van der Waals surface area contributed by atoms with Crippen LogP contribution in [0.4, 0.5) is 0 Å². The average Bonchev–Trinajstić information content (AvgIpc) is 2.54. The molecular formula is C19H41NO4. The summed E-state index contributed by atoms with van der Waals surface area (Å²) in [6.45, 7) is 15.9. The molecule has 0 bridgehead atoms. The highest BCUT2D eigenvalue weighted by atomic mass is 16.5. The smallest absolute Gasteiger partial charge is 0.222 e. The molecule has 0 aliphatic rings. The van der Waals surface area contributed by atoms with Crippen molar-refractivity contribution < 1.29 is 19.0 Å². The zero-order valence-electron chi connectivity index (χ0n) is 16.9. The van der Waals surface area contributed by atoms with Crippen LogP contribution in [-0.2, 0) is 19.0 Å². The van der Waals surface area contributed by atoms with Crippen molar-refractivity contribution in [3.8, 4) is 0 Å². The zero-order valence-corrected chi connectivity index (χ0v) is 16.9. The standard InChI is InChI=1S/C17H35NO4.C2H6/c1-15(2)7-5-6-9-18-17(19)8-10-20-11-12-21-13-14-22-16(3)4;1-2/h15-16H,5-14H2,1-4H3,(H,18,19);1-2H3. The Morgan fingerprint density at radius 3 is 2.04 bits per heavy atom. The highest BCUT2D eigenvalue weighted by Gasteiger charge is 2.01. The van der Waals surface area contributed by atoms with Gasteiger partial charge in [-0.25, -0.2) is 0 Å². The molecule has 0 saturated heterocycles. The van der Waals surface area contributed by atoms with E-state index in [1.54, 1.807) is 0 Å². The van der Waals surface area contributed by atoms with Crippen molar-refractivity contribution in [2.75, 3.05) is 39.6 Å². The van der Waals surface area contributed by atoms with Crippen LogP contribution in [0.2, 0.25) is 0 Å². The first-order valence-electron chi connectivity index (χ1n) is 9.56. The molecule has 0 spiro atoms. The SMILES string of the molecule is CC.CC(C)CCCCNC(=O)CCOCCOCCOC(C)C. The van der Waals surface area contributed by atoms with Crippen molar-refractivity contribution in [2.24, 2.45) is 5.92 Å². The van der Waals surface area contributed by atoms with Gasteiger partial charge in [0.05, 0.1) is 39.1 Å². The van der Waals surface area contributed by atoms with Crippen LogP contribution >= 0.6 is 0 Å². The summed E-state index contributed by atoms with van der Waals surface area (Å²) in [6.07, 6.45) is 4.11. The monoisotopic (exact) mass is 347 g/mol. The molecule has 0 unspecified atom stereocenters. The van der Waals surface area contributed by atoms with Gasteiger partial charge in [0.25, 0.3) is 0 Å². The number of unbranched alkanes of at least 4 members (excludes halogenated alkanes) is 1. The van der Waals surface area contributed by atoms with Crippen molar-refractivity contribution in [1.82, 2.24) is 5.32 Å². The van der Waals surface area contributed by atoms with Gasteiger partial charge in [0.1, 0.15) is 0 Å². The normalized spacial score (nSPS) is 10.7. The Balaban J connectivity index is 0. The molecule has 0 fully saturated rings. The predicted molar refractivity (Wildman–Crippen MR) is 100 cm³/mol. The fourth-order valence-corrected chi connectivity index (χ4v) is 1.82. The van der Waals surface area contributed by atoms with Gasteiger partial charge in [0, 0.05) is 13.0 Å². The van der Waals surface area contributed by atoms with Crippen molar-refractivity contribution in [3.05, 3.63) is 0 Å². The van der Waals surface area contributed by atoms with Crippen molar-refractivity contribution >= 4 is 5.91 Å². The van der Waals surface area contributed by atoms with Gasteiger partial charge in [-0.3, -0.25) is 4.79 Å². The molecule has 1 amide bonds. The molecule has 0 aromatic rings. The van der Waals surface area contributed by atoms with Gasteiger partial charge < -0.3 is 19.5 Å². The summed E-state index contributed by atoms with van der Waals surface area (Å²) in [4.78, 5) is 11.5. The molecule has 146 valence electrons. The van der Waals surface area contributed by atoms with E-state index < -0.39 is 0 Å². The van der Waals surface area contributed by atoms with E-state index in [-0.39, 0.29) is 12.0 Å². The molecule has 0 saturated carbocycles. The van der Waals surface area contributed by atoms with Gasteiger partial charge in [-0.15, -0.1) is 0 Å². The highest BCUT2D eigenvalue weighted by Crippen LogP contribution is 2.05. The molecule has 0 aliphatic heterocycles. The molecule has 5 nitrogen and oxygen atoms in total. The lowest BCUT2D eigenvalue weighted by molar-refractivity contribution is -0.122. The zero-order chi connectivity index (χ0) is 18.6. The Labute approximate surface area is 149 Å². The molecule has 0 rings (SSSR count). The fraction of sp³-hybridized carbons (Fsp3) is 0.947. The molecule has 0 radical (unpaired) electrons. The summed E-state index contributed by atoms with van der Waals surface area (Å²) in [5.74, 6) is 0.805. The lowest BCUT2D eigenvalue weighted by Crippen LogP contribution is -2.25. The fourth-order valence-electron chi connectivity index (χ4n) is 1.82. The molecule has 1 N–H and O–H groups in total. The molecule has 24 heavy (non-hydrogen) atoms. The van der Waals surface area contributed by atoms with E-state index in [4.69, 9.17) is 14.2 Å². The first-order valence-corrected chi connectivity index (χ1v) is 9.56. The average molecular weight is 348 g/mol. The number of rotatable bonds is 15. The Morgan fingerprint density at radius 2 is 1.46 bits per heavy atom. The second-order valence-electron chi connectivity index (χ2n) is 6.13. The van der Waals surface area contributed by atoms with Gasteiger partial charge in [0.2, 0.25) is 5.91 Å². The maximum absolute atomic E-state index is 11.5. The van der Waals surface area contributed by atoms with Crippen molar-refractivity contribution in [2.45, 2.75) is 73.3 Å². The van der Waals surface area contributed by atoms with E-state index >= 15 is 0 Å². The molecule has 0 aromatic carbocycles. The van der Waals surface area contributed by atoms with Gasteiger partial charge >= 0.3 is 0 Å². The number of nitrogens with one attached hydrogen (secondary N) is 1. The Morgan fingerprint density at radius 1 is 0.875 bits per heavy atom. The number of hydrogen-bond acceptors (Lipinski definition) is 4. The summed E-state index contributed by atoms with van der Waals surface area (Å²) in [7, 11) is 0. The van der Waals surface area contributed by atoms with E-state index in [9.17, 15) is 4.79 Å². The van der Waals surface area contributed by atoms with E-state index in [0.717, 1.165) is 18.9 Å². The number of carbonyl (C=O) groups excluding carboxylic acids is 1. The van der Waals surface area contributed by atoms with Crippen molar-refractivity contribution in [1.29, 1.82) is 0 Å². The van der Waals surface area contributed by atoms with Crippen LogP contribution in [-0.4, -0.2) is 51.6 Å². The molecular weight excluding hydrogens is 306 g/mol. The van der Waals surface area contributed by atoms with Crippen LogP contribution in [0.3, 0.4) is 0 Å². The molecule has 0 heterocycles. The Kier molecular flexibility index (Phi) is 21.7. The lowest BCUT2D eigenvalue weighted by atomic mass is 10.1. The predicted octanol–water partition coefficient (Wildman–Crippen LogP) is 3.80. The second kappa shape index (κ2) is 20.4. The van der Waals surface area contributed by atoms with Gasteiger partial charge in [-0.05, 0) is 26.2 Å². The summed E-state index contributed by atoms with van der Waals surface area (Å²) >= 11 is 0. The summed E-state index contributed by atoms with van der Waals surface area (Å²) in [6, 6.07) is 0. The number of hydrogen-bond donors (Lipinski definition) is 1. The minimum absolute atomic E-state index is 0.0656. The third kappa shape index (κ3) is 23.6. The minimum atomic E-state index is 0.0656. The van der Waals surface area contributed by atoms with E-state index in [0.29, 0.717) is 39.5 Å². The van der Waals surface area contributed by atoms with Crippen LogP contribution in [0.1, 0.15) is 67.2 Å². The molecule has 5 heteroatoms. The third-order valence-electron chi connectivity index (χ3n) is 3.05. The van der Waals surface area contributed by atoms with Gasteiger partial charge in [0.15, 0.2) is 0 Å². The summed E-state index contributed by atoms with van der Waals surface area (Å²) in [5.41, 5.74) is 0.